The lowest BCUT2D eigenvalue weighted by Gasteiger charge is -2.14. The number of phenolic OH excluding ortho intramolecular Hbond substituents is 1. The fourth-order valence-electron chi connectivity index (χ4n) is 4.20. The second-order valence-electron chi connectivity index (χ2n) is 7.30. The van der Waals surface area contributed by atoms with Gasteiger partial charge in [0.1, 0.15) is 5.75 Å². The molecule has 4 nitrogen and oxygen atoms in total. The minimum absolute atomic E-state index is 0.00773. The number of rotatable bonds is 3. The van der Waals surface area contributed by atoms with E-state index in [-0.39, 0.29) is 17.6 Å². The maximum Gasteiger partial charge on any atom is 0.225 e. The van der Waals surface area contributed by atoms with Crippen LogP contribution in [0, 0.1) is 0 Å². The first-order valence-corrected chi connectivity index (χ1v) is 9.43. The number of benzene rings is 3. The maximum atomic E-state index is 12.6. The van der Waals surface area contributed by atoms with Gasteiger partial charge in [-0.25, -0.2) is 0 Å². The summed E-state index contributed by atoms with van der Waals surface area (Å²) in [5, 5.41) is 14.1. The fourth-order valence-corrected chi connectivity index (χ4v) is 4.20. The van der Waals surface area contributed by atoms with Gasteiger partial charge in [0.15, 0.2) is 0 Å². The van der Waals surface area contributed by atoms with Crippen molar-refractivity contribution in [2.24, 2.45) is 0 Å². The Morgan fingerprint density at radius 3 is 2.64 bits per heavy atom. The molecule has 1 aliphatic heterocycles. The number of phenols is 1. The van der Waals surface area contributed by atoms with Crippen LogP contribution >= 0.6 is 0 Å². The first-order valence-electron chi connectivity index (χ1n) is 9.43. The van der Waals surface area contributed by atoms with Crippen molar-refractivity contribution in [3.8, 4) is 5.75 Å². The van der Waals surface area contributed by atoms with E-state index in [2.05, 4.69) is 34.3 Å². The molecule has 0 saturated carbocycles. The van der Waals surface area contributed by atoms with Crippen molar-refractivity contribution in [2.75, 3.05) is 5.32 Å². The highest BCUT2D eigenvalue weighted by Gasteiger charge is 2.28. The first-order chi connectivity index (χ1) is 13.7. The monoisotopic (exact) mass is 368 g/mol. The van der Waals surface area contributed by atoms with Gasteiger partial charge >= 0.3 is 0 Å². The summed E-state index contributed by atoms with van der Waals surface area (Å²) in [4.78, 5) is 12.6. The summed E-state index contributed by atoms with van der Waals surface area (Å²) >= 11 is 0. The smallest absolute Gasteiger partial charge is 0.225 e. The van der Waals surface area contributed by atoms with Gasteiger partial charge < -0.3 is 15.0 Å². The standard InChI is InChI=1S/C24H20N2O2/c27-18-9-4-8-17(12-18)19-13-23(28)25-21-10-5-11-22-24(21)20(19)15-26(22)14-16-6-2-1-3-7-16/h1-12,15,19,27H,13-14H2,(H,25,28)/t19-/m0/s1. The third-order valence-corrected chi connectivity index (χ3v) is 5.44. The van der Waals surface area contributed by atoms with Crippen LogP contribution in [0.4, 0.5) is 5.69 Å². The van der Waals surface area contributed by atoms with Crippen molar-refractivity contribution in [3.63, 3.8) is 0 Å². The van der Waals surface area contributed by atoms with E-state index in [1.807, 2.05) is 42.5 Å². The van der Waals surface area contributed by atoms with Gasteiger partial charge in [-0.05, 0) is 41.0 Å². The third kappa shape index (κ3) is 2.83. The van der Waals surface area contributed by atoms with Crippen LogP contribution in [0.25, 0.3) is 10.9 Å². The zero-order valence-electron chi connectivity index (χ0n) is 15.3. The largest absolute Gasteiger partial charge is 0.508 e. The van der Waals surface area contributed by atoms with Gasteiger partial charge in [-0.2, -0.15) is 0 Å². The quantitative estimate of drug-likeness (QED) is 0.542. The number of hydrogen-bond acceptors (Lipinski definition) is 2. The van der Waals surface area contributed by atoms with Gasteiger partial charge in [0.2, 0.25) is 5.91 Å². The summed E-state index contributed by atoms with van der Waals surface area (Å²) in [6, 6.07) is 23.6. The van der Waals surface area contributed by atoms with E-state index in [0.29, 0.717) is 6.42 Å². The molecule has 2 heterocycles. The molecule has 0 saturated heterocycles. The summed E-state index contributed by atoms with van der Waals surface area (Å²) < 4.78 is 2.25. The highest BCUT2D eigenvalue weighted by molar-refractivity contribution is 6.06. The van der Waals surface area contributed by atoms with E-state index in [4.69, 9.17) is 0 Å². The van der Waals surface area contributed by atoms with Crippen LogP contribution in [0.2, 0.25) is 0 Å². The predicted molar refractivity (Wildman–Crippen MR) is 111 cm³/mol. The summed E-state index contributed by atoms with van der Waals surface area (Å²) in [5.74, 6) is 0.109. The Bertz CT molecular complexity index is 1180. The lowest BCUT2D eigenvalue weighted by atomic mass is 9.88. The molecule has 1 atom stereocenters. The number of aromatic nitrogens is 1. The van der Waals surface area contributed by atoms with Gasteiger partial charge in [-0.3, -0.25) is 4.79 Å². The molecule has 2 N–H and O–H groups in total. The lowest BCUT2D eigenvalue weighted by molar-refractivity contribution is -0.116. The number of carbonyl (C=O) groups excluding carboxylic acids is 1. The number of carbonyl (C=O) groups is 1. The van der Waals surface area contributed by atoms with E-state index < -0.39 is 0 Å². The molecule has 0 radical (unpaired) electrons. The zero-order chi connectivity index (χ0) is 19.1. The van der Waals surface area contributed by atoms with E-state index in [9.17, 15) is 9.90 Å². The van der Waals surface area contributed by atoms with E-state index in [1.54, 1.807) is 12.1 Å². The highest BCUT2D eigenvalue weighted by Crippen LogP contribution is 2.41. The van der Waals surface area contributed by atoms with Crippen molar-refractivity contribution < 1.29 is 9.90 Å². The molecular formula is C24H20N2O2. The van der Waals surface area contributed by atoms with Crippen LogP contribution in [0.5, 0.6) is 5.75 Å². The average molecular weight is 368 g/mol. The van der Waals surface area contributed by atoms with Crippen LogP contribution < -0.4 is 5.32 Å². The Morgan fingerprint density at radius 2 is 1.82 bits per heavy atom. The Kier molecular flexibility index (Phi) is 3.90. The van der Waals surface area contributed by atoms with Crippen LogP contribution in [0.3, 0.4) is 0 Å². The maximum absolute atomic E-state index is 12.6. The molecule has 0 spiro atoms. The van der Waals surface area contributed by atoms with E-state index in [1.165, 1.54) is 5.56 Å². The summed E-state index contributed by atoms with van der Waals surface area (Å²) in [6.07, 6.45) is 2.51. The molecule has 1 aromatic heterocycles. The fraction of sp³-hybridized carbons (Fsp3) is 0.125. The van der Waals surface area contributed by atoms with Crippen molar-refractivity contribution in [3.05, 3.63) is 95.7 Å². The molecule has 138 valence electrons. The van der Waals surface area contributed by atoms with Crippen LogP contribution in [0.1, 0.15) is 29.0 Å². The predicted octanol–water partition coefficient (Wildman–Crippen LogP) is 4.87. The minimum atomic E-state index is -0.102. The number of aromatic hydroxyl groups is 1. The van der Waals surface area contributed by atoms with Crippen molar-refractivity contribution in [2.45, 2.75) is 18.9 Å². The zero-order valence-corrected chi connectivity index (χ0v) is 15.3. The summed E-state index contributed by atoms with van der Waals surface area (Å²) in [5.41, 5.74) is 5.25. The average Bonchev–Trinajstić information content (AvgIpc) is 2.98. The second-order valence-corrected chi connectivity index (χ2v) is 7.30. The molecular weight excluding hydrogens is 348 g/mol. The molecule has 0 fully saturated rings. The molecule has 28 heavy (non-hydrogen) atoms. The van der Waals surface area contributed by atoms with Crippen molar-refractivity contribution in [1.29, 1.82) is 0 Å². The van der Waals surface area contributed by atoms with Gasteiger partial charge in [0.05, 0.1) is 11.2 Å². The number of nitrogens with zero attached hydrogens (tertiary/aromatic N) is 1. The van der Waals surface area contributed by atoms with E-state index in [0.717, 1.165) is 34.3 Å². The van der Waals surface area contributed by atoms with Crippen LogP contribution in [-0.4, -0.2) is 15.6 Å². The Balaban J connectivity index is 1.71. The molecule has 1 amide bonds. The molecule has 0 unspecified atom stereocenters. The van der Waals surface area contributed by atoms with Crippen LogP contribution in [0.15, 0.2) is 79.0 Å². The highest BCUT2D eigenvalue weighted by atomic mass is 16.3. The Labute approximate surface area is 163 Å². The summed E-state index contributed by atoms with van der Waals surface area (Å²) in [6.45, 7) is 0.765. The molecule has 5 rings (SSSR count). The number of nitrogens with one attached hydrogen (secondary N) is 1. The lowest BCUT2D eigenvalue weighted by Crippen LogP contribution is -2.13. The molecule has 0 aliphatic carbocycles. The van der Waals surface area contributed by atoms with Gasteiger partial charge in [0, 0.05) is 30.5 Å². The first kappa shape index (κ1) is 16.6. The third-order valence-electron chi connectivity index (χ3n) is 5.44. The Morgan fingerprint density at radius 1 is 1.00 bits per heavy atom. The van der Waals surface area contributed by atoms with Crippen LogP contribution in [-0.2, 0) is 11.3 Å². The normalized spacial score (nSPS) is 16.0. The number of anilines is 1. The topological polar surface area (TPSA) is 54.3 Å². The SMILES string of the molecule is O=C1C[C@@H](c2cccc(O)c2)c2cn(Cc3ccccc3)c3cccc(c23)N1. The molecule has 1 aliphatic rings. The van der Waals surface area contributed by atoms with E-state index >= 15 is 0 Å². The molecule has 0 bridgehead atoms. The van der Waals surface area contributed by atoms with Crippen molar-refractivity contribution in [1.82, 2.24) is 4.57 Å². The number of hydrogen-bond donors (Lipinski definition) is 2. The Hall–Kier alpha value is -3.53. The second kappa shape index (κ2) is 6.57. The molecule has 3 aromatic carbocycles. The molecule has 4 aromatic rings. The number of amides is 1. The van der Waals surface area contributed by atoms with Gasteiger partial charge in [-0.15, -0.1) is 0 Å². The van der Waals surface area contributed by atoms with Gasteiger partial charge in [-0.1, -0.05) is 48.5 Å². The minimum Gasteiger partial charge on any atom is -0.508 e. The summed E-state index contributed by atoms with van der Waals surface area (Å²) in [7, 11) is 0. The van der Waals surface area contributed by atoms with Gasteiger partial charge in [0.25, 0.3) is 0 Å². The van der Waals surface area contributed by atoms with Crippen molar-refractivity contribution >= 4 is 22.5 Å². The molecule has 4 heteroatoms.